The van der Waals surface area contributed by atoms with Crippen LogP contribution in [0.4, 0.5) is 14.5 Å². The molecule has 1 spiro atoms. The number of aromatic nitrogens is 1. The summed E-state index contributed by atoms with van der Waals surface area (Å²) in [6, 6.07) is 0.356. The summed E-state index contributed by atoms with van der Waals surface area (Å²) in [6.45, 7) is 2.98. The monoisotopic (exact) mass is 419 g/mol. The number of halogens is 2. The molecule has 0 radical (unpaired) electrons. The van der Waals surface area contributed by atoms with Gasteiger partial charge in [0.1, 0.15) is 17.4 Å². The summed E-state index contributed by atoms with van der Waals surface area (Å²) in [4.78, 5) is 26.2. The molecule has 1 aromatic heterocycles. The Bertz CT molecular complexity index is 1130. The van der Waals surface area contributed by atoms with Gasteiger partial charge in [-0.25, -0.2) is 13.6 Å². The van der Waals surface area contributed by atoms with Crippen LogP contribution in [-0.4, -0.2) is 47.6 Å². The highest BCUT2D eigenvalue weighted by Gasteiger charge is 2.54. The van der Waals surface area contributed by atoms with E-state index in [2.05, 4.69) is 0 Å². The van der Waals surface area contributed by atoms with Gasteiger partial charge in [-0.1, -0.05) is 0 Å². The van der Waals surface area contributed by atoms with Gasteiger partial charge in [-0.3, -0.25) is 4.79 Å². The summed E-state index contributed by atoms with van der Waals surface area (Å²) in [6.07, 6.45) is 2.17. The Morgan fingerprint density at radius 2 is 2.13 bits per heavy atom. The second-order valence-corrected chi connectivity index (χ2v) is 8.62. The minimum absolute atomic E-state index is 0.0156. The van der Waals surface area contributed by atoms with E-state index in [1.165, 1.54) is 4.57 Å². The number of anilines is 1. The number of hydrogen-bond donors (Lipinski definition) is 2. The highest BCUT2D eigenvalue weighted by molar-refractivity contribution is 5.97. The van der Waals surface area contributed by atoms with Crippen LogP contribution in [0.5, 0.6) is 5.75 Å². The van der Waals surface area contributed by atoms with Crippen LogP contribution in [0.2, 0.25) is 0 Å². The molecule has 9 heteroatoms. The molecule has 2 aromatic rings. The molecule has 3 aliphatic rings. The normalized spacial score (nSPS) is 26.4. The molecular weight excluding hydrogens is 396 g/mol. The van der Waals surface area contributed by atoms with Gasteiger partial charge in [-0.05, 0) is 25.8 Å². The highest BCUT2D eigenvalue weighted by atomic mass is 19.1. The number of carbonyl (C=O) groups is 1. The van der Waals surface area contributed by atoms with Crippen LogP contribution in [0.25, 0.3) is 10.9 Å². The van der Waals surface area contributed by atoms with Crippen molar-refractivity contribution < 1.29 is 23.4 Å². The third-order valence-corrected chi connectivity index (χ3v) is 6.67. The summed E-state index contributed by atoms with van der Waals surface area (Å²) >= 11 is 0. The molecule has 3 fully saturated rings. The summed E-state index contributed by atoms with van der Waals surface area (Å²) in [5.41, 5.74) is 5.39. The van der Waals surface area contributed by atoms with Crippen molar-refractivity contribution >= 4 is 22.6 Å². The predicted octanol–water partition coefficient (Wildman–Crippen LogP) is 2.45. The average Bonchev–Trinajstić information content (AvgIpc) is 3.58. The molecule has 3 atom stereocenters. The zero-order chi connectivity index (χ0) is 21.4. The van der Waals surface area contributed by atoms with Crippen molar-refractivity contribution in [3.63, 3.8) is 0 Å². The third kappa shape index (κ3) is 2.71. The Labute approximate surface area is 171 Å². The number of carboxylic acid groups (broad SMARTS) is 1. The van der Waals surface area contributed by atoms with E-state index >= 15 is 4.39 Å². The molecule has 160 valence electrons. The predicted molar refractivity (Wildman–Crippen MR) is 107 cm³/mol. The Balaban J connectivity index is 1.79. The van der Waals surface area contributed by atoms with Gasteiger partial charge in [0.15, 0.2) is 11.6 Å². The second-order valence-electron chi connectivity index (χ2n) is 8.62. The van der Waals surface area contributed by atoms with Gasteiger partial charge < -0.3 is 25.0 Å². The molecule has 2 heterocycles. The number of fused-ring (bicyclic) bond motifs is 1. The molecule has 3 N–H and O–H groups in total. The van der Waals surface area contributed by atoms with Crippen LogP contribution < -0.4 is 20.8 Å². The lowest BCUT2D eigenvalue weighted by Gasteiger charge is -2.25. The number of nitrogens with zero attached hydrogens (tertiary/aromatic N) is 2. The Kier molecular flexibility index (Phi) is 4.12. The van der Waals surface area contributed by atoms with Crippen molar-refractivity contribution in [3.05, 3.63) is 33.9 Å². The number of rotatable bonds is 5. The van der Waals surface area contributed by atoms with Gasteiger partial charge >= 0.3 is 5.97 Å². The van der Waals surface area contributed by atoms with E-state index < -0.39 is 35.0 Å². The Morgan fingerprint density at radius 3 is 2.67 bits per heavy atom. The topological polar surface area (TPSA) is 97.8 Å². The fourth-order valence-corrected chi connectivity index (χ4v) is 4.73. The molecule has 2 saturated carbocycles. The minimum Gasteiger partial charge on any atom is -0.489 e. The lowest BCUT2D eigenvalue weighted by molar-refractivity contribution is 0.0694. The van der Waals surface area contributed by atoms with Crippen molar-refractivity contribution in [1.29, 1.82) is 0 Å². The maximum absolute atomic E-state index is 15.4. The van der Waals surface area contributed by atoms with E-state index in [0.717, 1.165) is 25.1 Å². The molecule has 1 saturated heterocycles. The largest absolute Gasteiger partial charge is 0.489 e. The van der Waals surface area contributed by atoms with Crippen molar-refractivity contribution in [2.45, 2.75) is 44.4 Å². The average molecular weight is 419 g/mol. The first-order valence-corrected chi connectivity index (χ1v) is 10.2. The number of benzene rings is 1. The van der Waals surface area contributed by atoms with Crippen LogP contribution in [-0.2, 0) is 0 Å². The van der Waals surface area contributed by atoms with E-state index in [0.29, 0.717) is 13.1 Å². The fourth-order valence-electron chi connectivity index (χ4n) is 4.73. The number of carboxylic acids is 1. The molecule has 5 rings (SSSR count). The van der Waals surface area contributed by atoms with Crippen LogP contribution in [0.3, 0.4) is 0 Å². The molecule has 1 aliphatic heterocycles. The first-order chi connectivity index (χ1) is 14.3. The molecule has 0 unspecified atom stereocenters. The van der Waals surface area contributed by atoms with Crippen molar-refractivity contribution in [2.24, 2.45) is 11.1 Å². The Morgan fingerprint density at radius 1 is 1.43 bits per heavy atom. The summed E-state index contributed by atoms with van der Waals surface area (Å²) < 4.78 is 36.6. The molecular formula is C21H23F2N3O4. The van der Waals surface area contributed by atoms with Crippen LogP contribution in [0.15, 0.2) is 17.1 Å². The SMILES string of the molecule is CCOc1c(N2C[C@@H](N)C3(CC3)C2)c(F)cc2c(=O)c(C(=O)O)cn([C@@H]3C[C@@H]3F)c12. The summed E-state index contributed by atoms with van der Waals surface area (Å²) in [5.74, 6) is -1.96. The van der Waals surface area contributed by atoms with Crippen LogP contribution >= 0.6 is 0 Å². The quantitative estimate of drug-likeness (QED) is 0.773. The van der Waals surface area contributed by atoms with Crippen molar-refractivity contribution in [1.82, 2.24) is 4.57 Å². The Hall–Kier alpha value is -2.68. The standard InChI is InChI=1S/C21H23F2N3O4/c1-2-30-19-16-10(18(27)11(20(28)29)7-26(16)14-6-12(14)22)5-13(23)17(19)25-8-15(24)21(9-25)3-4-21/h5,7,12,14-15H,2-4,6,8-9,24H2,1H3,(H,28,29)/t12-,14+,15+/m0/s1. The van der Waals surface area contributed by atoms with Crippen LogP contribution in [0, 0.1) is 11.2 Å². The number of ether oxygens (including phenoxy) is 1. The second kappa shape index (κ2) is 6.41. The van der Waals surface area contributed by atoms with E-state index in [1.807, 2.05) is 4.90 Å². The molecule has 30 heavy (non-hydrogen) atoms. The van der Waals surface area contributed by atoms with E-state index in [-0.39, 0.29) is 46.8 Å². The van der Waals surface area contributed by atoms with Crippen LogP contribution in [0.1, 0.15) is 42.6 Å². The highest BCUT2D eigenvalue weighted by Crippen LogP contribution is 2.54. The number of hydrogen-bond acceptors (Lipinski definition) is 5. The molecule has 7 nitrogen and oxygen atoms in total. The van der Waals surface area contributed by atoms with Gasteiger partial charge in [0.2, 0.25) is 5.43 Å². The maximum Gasteiger partial charge on any atom is 0.341 e. The number of aromatic carboxylic acids is 1. The first-order valence-electron chi connectivity index (χ1n) is 10.2. The lowest BCUT2D eigenvalue weighted by Crippen LogP contribution is -2.30. The summed E-state index contributed by atoms with van der Waals surface area (Å²) in [5, 5.41) is 9.30. The van der Waals surface area contributed by atoms with E-state index in [1.54, 1.807) is 6.92 Å². The maximum atomic E-state index is 15.4. The number of pyridine rings is 1. The number of alkyl halides is 1. The minimum atomic E-state index is -1.43. The van der Waals surface area contributed by atoms with E-state index in [9.17, 15) is 19.1 Å². The van der Waals surface area contributed by atoms with Gasteiger partial charge in [0, 0.05) is 37.2 Å². The molecule has 0 bridgehead atoms. The zero-order valence-corrected chi connectivity index (χ0v) is 16.5. The zero-order valence-electron chi connectivity index (χ0n) is 16.5. The fraction of sp³-hybridized carbons (Fsp3) is 0.524. The number of nitrogens with two attached hydrogens (primary N) is 1. The molecule has 1 aromatic carbocycles. The van der Waals surface area contributed by atoms with Gasteiger partial charge in [0.05, 0.1) is 23.6 Å². The smallest absolute Gasteiger partial charge is 0.341 e. The van der Waals surface area contributed by atoms with Gasteiger partial charge in [0.25, 0.3) is 0 Å². The van der Waals surface area contributed by atoms with E-state index in [4.69, 9.17) is 10.5 Å². The third-order valence-electron chi connectivity index (χ3n) is 6.67. The summed E-state index contributed by atoms with van der Waals surface area (Å²) in [7, 11) is 0. The molecule has 2 aliphatic carbocycles. The van der Waals surface area contributed by atoms with Gasteiger partial charge in [-0.2, -0.15) is 0 Å². The van der Waals surface area contributed by atoms with Crippen molar-refractivity contribution in [2.75, 3.05) is 24.6 Å². The van der Waals surface area contributed by atoms with Crippen molar-refractivity contribution in [3.8, 4) is 5.75 Å². The van der Waals surface area contributed by atoms with Gasteiger partial charge in [-0.15, -0.1) is 0 Å². The first kappa shape index (κ1) is 19.3. The molecule has 0 amide bonds. The lowest BCUT2D eigenvalue weighted by atomic mass is 10.0.